The fourth-order valence-corrected chi connectivity index (χ4v) is 2.24. The van der Waals surface area contributed by atoms with Crippen molar-refractivity contribution >= 4 is 0 Å². The molecule has 2 rings (SSSR count). The lowest BCUT2D eigenvalue weighted by molar-refractivity contribution is 0.0159. The summed E-state index contributed by atoms with van der Waals surface area (Å²) in [6, 6.07) is -0.650. The second-order valence-electron chi connectivity index (χ2n) is 4.36. The molecule has 0 aromatic heterocycles. The molecular formula is C12H13F5N2. The highest BCUT2D eigenvalue weighted by Gasteiger charge is 2.33. The van der Waals surface area contributed by atoms with E-state index in [2.05, 4.69) is 5.32 Å². The van der Waals surface area contributed by atoms with Gasteiger partial charge in [-0.2, -0.15) is 0 Å². The van der Waals surface area contributed by atoms with Gasteiger partial charge in [-0.25, -0.2) is 22.0 Å². The monoisotopic (exact) mass is 280 g/mol. The molecule has 0 unspecified atom stereocenters. The lowest BCUT2D eigenvalue weighted by Gasteiger charge is -2.34. The lowest BCUT2D eigenvalue weighted by atomic mass is 10.0. The molecule has 0 bridgehead atoms. The molecular weight excluding hydrogens is 267 g/mol. The average molecular weight is 280 g/mol. The number of piperazine rings is 1. The maximum absolute atomic E-state index is 13.6. The Balaban J connectivity index is 2.38. The molecule has 0 spiro atoms. The van der Waals surface area contributed by atoms with Gasteiger partial charge in [-0.3, -0.25) is 4.90 Å². The van der Waals surface area contributed by atoms with E-state index < -0.39 is 35.5 Å². The van der Waals surface area contributed by atoms with Gasteiger partial charge in [-0.1, -0.05) is 0 Å². The van der Waals surface area contributed by atoms with Crippen molar-refractivity contribution in [1.29, 1.82) is 0 Å². The Morgan fingerprint density at radius 1 is 1.05 bits per heavy atom. The van der Waals surface area contributed by atoms with E-state index in [-0.39, 0.29) is 13.1 Å². The summed E-state index contributed by atoms with van der Waals surface area (Å²) >= 11 is 0. The number of nitrogens with one attached hydrogen (secondary N) is 1. The minimum absolute atomic E-state index is 0.270. The van der Waals surface area contributed by atoms with Crippen LogP contribution < -0.4 is 5.32 Å². The number of rotatable bonds is 3. The largest absolute Gasteiger partial charge is 0.314 e. The Kier molecular flexibility index (Phi) is 4.36. The first-order chi connectivity index (χ1) is 9.00. The molecule has 1 aromatic rings. The second kappa shape index (κ2) is 5.83. The van der Waals surface area contributed by atoms with Gasteiger partial charge >= 0.3 is 0 Å². The van der Waals surface area contributed by atoms with Crippen LogP contribution in [0.1, 0.15) is 11.6 Å². The molecule has 19 heavy (non-hydrogen) atoms. The van der Waals surface area contributed by atoms with Crippen LogP contribution in [0.2, 0.25) is 0 Å². The van der Waals surface area contributed by atoms with Crippen molar-refractivity contribution in [3.63, 3.8) is 0 Å². The molecule has 106 valence electrons. The van der Waals surface area contributed by atoms with Gasteiger partial charge in [0, 0.05) is 37.8 Å². The van der Waals surface area contributed by atoms with Gasteiger partial charge in [0.1, 0.15) is 5.82 Å². The van der Waals surface area contributed by atoms with E-state index in [1.54, 1.807) is 0 Å². The quantitative estimate of drug-likeness (QED) is 0.675. The first-order valence-electron chi connectivity index (χ1n) is 5.88. The van der Waals surface area contributed by atoms with E-state index in [0.717, 1.165) is 0 Å². The summed E-state index contributed by atoms with van der Waals surface area (Å²) in [4.78, 5) is 1.33. The fraction of sp³-hybridized carbons (Fsp3) is 0.500. The molecule has 1 aliphatic rings. The van der Waals surface area contributed by atoms with Gasteiger partial charge in [0.2, 0.25) is 0 Å². The zero-order valence-electron chi connectivity index (χ0n) is 9.97. The Morgan fingerprint density at radius 3 is 2.26 bits per heavy atom. The predicted molar refractivity (Wildman–Crippen MR) is 59.5 cm³/mol. The summed E-state index contributed by atoms with van der Waals surface area (Å²) in [6.45, 7) is 1.49. The summed E-state index contributed by atoms with van der Waals surface area (Å²) in [5, 5.41) is 2.97. The minimum Gasteiger partial charge on any atom is -0.314 e. The molecule has 1 N–H and O–H groups in total. The van der Waals surface area contributed by atoms with E-state index in [9.17, 15) is 22.0 Å². The average Bonchev–Trinajstić information content (AvgIpc) is 2.36. The molecule has 0 saturated carbocycles. The molecule has 1 heterocycles. The maximum Gasteiger partial charge on any atom is 0.258 e. The van der Waals surface area contributed by atoms with Crippen LogP contribution in [-0.2, 0) is 0 Å². The number of alkyl halides is 2. The molecule has 1 fully saturated rings. The third kappa shape index (κ3) is 3.03. The summed E-state index contributed by atoms with van der Waals surface area (Å²) in [5.74, 6) is -3.92. The standard InChI is InChI=1S/C12H13F5N2/c13-7-5-8(10(15)9(14)6-7)11(12(16)17)19-3-1-18-2-4-19/h5-6,11-12,18H,1-4H2/t11-/m1/s1. The van der Waals surface area contributed by atoms with Crippen molar-refractivity contribution in [3.8, 4) is 0 Å². The Morgan fingerprint density at radius 2 is 1.68 bits per heavy atom. The van der Waals surface area contributed by atoms with E-state index in [0.29, 0.717) is 25.2 Å². The molecule has 1 atom stereocenters. The number of hydrogen-bond acceptors (Lipinski definition) is 2. The van der Waals surface area contributed by atoms with Crippen LogP contribution in [0.3, 0.4) is 0 Å². The predicted octanol–water partition coefficient (Wildman–Crippen LogP) is 2.32. The number of nitrogens with zero attached hydrogens (tertiary/aromatic N) is 1. The second-order valence-corrected chi connectivity index (χ2v) is 4.36. The molecule has 1 saturated heterocycles. The summed E-state index contributed by atoms with van der Waals surface area (Å²) < 4.78 is 66.2. The maximum atomic E-state index is 13.6. The van der Waals surface area contributed by atoms with E-state index in [1.807, 2.05) is 0 Å². The molecule has 0 radical (unpaired) electrons. The van der Waals surface area contributed by atoms with Gasteiger partial charge in [-0.05, 0) is 6.07 Å². The first-order valence-corrected chi connectivity index (χ1v) is 5.88. The molecule has 0 aliphatic carbocycles. The SMILES string of the molecule is Fc1cc(F)c(F)c([C@H](C(F)F)N2CCNCC2)c1. The molecule has 0 amide bonds. The van der Waals surface area contributed by atoms with Crippen molar-refractivity contribution in [2.24, 2.45) is 0 Å². The first kappa shape index (κ1) is 14.2. The van der Waals surface area contributed by atoms with Crippen molar-refractivity contribution in [1.82, 2.24) is 10.2 Å². The van der Waals surface area contributed by atoms with Crippen LogP contribution in [0, 0.1) is 17.5 Å². The van der Waals surface area contributed by atoms with Crippen LogP contribution >= 0.6 is 0 Å². The van der Waals surface area contributed by atoms with Crippen LogP contribution in [-0.4, -0.2) is 37.5 Å². The Bertz CT molecular complexity index is 446. The summed E-state index contributed by atoms with van der Waals surface area (Å²) in [6.07, 6.45) is -2.92. The minimum atomic E-state index is -2.92. The highest BCUT2D eigenvalue weighted by molar-refractivity contribution is 5.24. The zero-order chi connectivity index (χ0) is 14.0. The van der Waals surface area contributed by atoms with Crippen molar-refractivity contribution < 1.29 is 22.0 Å². The van der Waals surface area contributed by atoms with Gasteiger partial charge in [0.15, 0.2) is 11.6 Å². The van der Waals surface area contributed by atoms with E-state index in [1.165, 1.54) is 4.90 Å². The highest BCUT2D eigenvalue weighted by Crippen LogP contribution is 2.31. The lowest BCUT2D eigenvalue weighted by Crippen LogP contribution is -2.47. The molecule has 2 nitrogen and oxygen atoms in total. The van der Waals surface area contributed by atoms with Crippen LogP contribution in [0.5, 0.6) is 0 Å². The van der Waals surface area contributed by atoms with Crippen molar-refractivity contribution in [2.45, 2.75) is 12.5 Å². The molecule has 1 aliphatic heterocycles. The van der Waals surface area contributed by atoms with E-state index in [4.69, 9.17) is 0 Å². The molecule has 1 aromatic carbocycles. The van der Waals surface area contributed by atoms with Crippen LogP contribution in [0.4, 0.5) is 22.0 Å². The third-order valence-electron chi connectivity index (χ3n) is 3.12. The van der Waals surface area contributed by atoms with Crippen molar-refractivity contribution in [3.05, 3.63) is 35.1 Å². The van der Waals surface area contributed by atoms with Gasteiger partial charge in [-0.15, -0.1) is 0 Å². The van der Waals surface area contributed by atoms with Crippen LogP contribution in [0.25, 0.3) is 0 Å². The topological polar surface area (TPSA) is 15.3 Å². The number of benzene rings is 1. The third-order valence-corrected chi connectivity index (χ3v) is 3.12. The molecule has 7 heteroatoms. The summed E-state index contributed by atoms with van der Waals surface area (Å²) in [7, 11) is 0. The van der Waals surface area contributed by atoms with Crippen molar-refractivity contribution in [2.75, 3.05) is 26.2 Å². The van der Waals surface area contributed by atoms with Gasteiger partial charge in [0.05, 0.1) is 6.04 Å². The van der Waals surface area contributed by atoms with Gasteiger partial charge in [0.25, 0.3) is 6.43 Å². The van der Waals surface area contributed by atoms with Gasteiger partial charge < -0.3 is 5.32 Å². The Hall–Kier alpha value is -1.21. The Labute approximate surface area is 107 Å². The smallest absolute Gasteiger partial charge is 0.258 e. The highest BCUT2D eigenvalue weighted by atomic mass is 19.3. The van der Waals surface area contributed by atoms with Crippen LogP contribution in [0.15, 0.2) is 12.1 Å². The van der Waals surface area contributed by atoms with E-state index >= 15 is 0 Å². The number of halogens is 5. The fourth-order valence-electron chi connectivity index (χ4n) is 2.24. The summed E-state index contributed by atoms with van der Waals surface area (Å²) in [5.41, 5.74) is -0.630. The zero-order valence-corrected chi connectivity index (χ0v) is 9.97. The number of hydrogen-bond donors (Lipinski definition) is 1. The normalized spacial score (nSPS) is 18.8.